The van der Waals surface area contributed by atoms with Gasteiger partial charge in [-0.05, 0) is 6.42 Å². The van der Waals surface area contributed by atoms with Gasteiger partial charge in [0, 0.05) is 6.61 Å². The van der Waals surface area contributed by atoms with E-state index in [9.17, 15) is 0 Å². The van der Waals surface area contributed by atoms with Gasteiger partial charge in [-0.25, -0.2) is 0 Å². The first-order valence-corrected chi connectivity index (χ1v) is 6.18. The predicted octanol–water partition coefficient (Wildman–Crippen LogP) is 2.11. The summed E-state index contributed by atoms with van der Waals surface area (Å²) in [5.74, 6) is 0. The molecular weight excluding hydrogens is 192 g/mol. The normalized spacial score (nSPS) is 13.0. The molecule has 3 nitrogen and oxygen atoms in total. The highest BCUT2D eigenvalue weighted by atomic mass is 16.5. The molecule has 0 saturated heterocycles. The summed E-state index contributed by atoms with van der Waals surface area (Å²) >= 11 is 0. The number of hydrogen-bond donors (Lipinski definition) is 2. The molecule has 0 aromatic rings. The molecule has 92 valence electrons. The number of ether oxygens (including phenoxy) is 1. The van der Waals surface area contributed by atoms with Crippen molar-refractivity contribution in [3.63, 3.8) is 0 Å². The van der Waals surface area contributed by atoms with Crippen molar-refractivity contribution in [3.8, 4) is 0 Å². The standard InChI is InChI=1S/C12H26O3/c1-2-3-4-5-6-7-8-9-15-11-12(14)10-13/h12-14H,2-11H2,1H3/t12-/m1/s1. The summed E-state index contributed by atoms with van der Waals surface area (Å²) in [7, 11) is 0. The second-order valence-electron chi connectivity index (χ2n) is 4.03. The van der Waals surface area contributed by atoms with Gasteiger partial charge in [0.1, 0.15) is 6.10 Å². The van der Waals surface area contributed by atoms with Crippen molar-refractivity contribution in [3.05, 3.63) is 0 Å². The lowest BCUT2D eigenvalue weighted by Gasteiger charge is -2.07. The molecule has 0 aromatic carbocycles. The second kappa shape index (κ2) is 12.0. The lowest BCUT2D eigenvalue weighted by Crippen LogP contribution is -2.19. The molecule has 0 aliphatic carbocycles. The van der Waals surface area contributed by atoms with E-state index in [2.05, 4.69) is 6.92 Å². The summed E-state index contributed by atoms with van der Waals surface area (Å²) in [4.78, 5) is 0. The molecule has 0 aliphatic rings. The minimum absolute atomic E-state index is 0.211. The van der Waals surface area contributed by atoms with Crippen molar-refractivity contribution >= 4 is 0 Å². The van der Waals surface area contributed by atoms with Crippen LogP contribution in [0.15, 0.2) is 0 Å². The molecule has 0 aliphatic heterocycles. The van der Waals surface area contributed by atoms with E-state index in [-0.39, 0.29) is 13.2 Å². The molecule has 0 spiro atoms. The van der Waals surface area contributed by atoms with E-state index in [0.29, 0.717) is 6.61 Å². The summed E-state index contributed by atoms with van der Waals surface area (Å²) in [5.41, 5.74) is 0. The average Bonchev–Trinajstić information content (AvgIpc) is 2.26. The maximum atomic E-state index is 8.98. The van der Waals surface area contributed by atoms with E-state index >= 15 is 0 Å². The Labute approximate surface area is 93.5 Å². The first-order chi connectivity index (χ1) is 7.31. The third-order valence-corrected chi connectivity index (χ3v) is 2.41. The van der Waals surface area contributed by atoms with Gasteiger partial charge in [0.25, 0.3) is 0 Å². The first kappa shape index (κ1) is 14.9. The molecule has 0 bridgehead atoms. The van der Waals surface area contributed by atoms with Crippen molar-refractivity contribution in [2.24, 2.45) is 0 Å². The van der Waals surface area contributed by atoms with Crippen molar-refractivity contribution < 1.29 is 14.9 Å². The summed E-state index contributed by atoms with van der Waals surface area (Å²) in [6, 6.07) is 0. The molecule has 0 fully saturated rings. The van der Waals surface area contributed by atoms with Crippen LogP contribution in [0.5, 0.6) is 0 Å². The van der Waals surface area contributed by atoms with E-state index < -0.39 is 6.10 Å². The number of aliphatic hydroxyl groups excluding tert-OH is 2. The van der Waals surface area contributed by atoms with Crippen molar-refractivity contribution in [2.75, 3.05) is 19.8 Å². The number of rotatable bonds is 11. The van der Waals surface area contributed by atoms with Gasteiger partial charge in [-0.15, -0.1) is 0 Å². The lowest BCUT2D eigenvalue weighted by molar-refractivity contribution is 0.00526. The first-order valence-electron chi connectivity index (χ1n) is 6.18. The van der Waals surface area contributed by atoms with Crippen molar-refractivity contribution in [1.82, 2.24) is 0 Å². The maximum absolute atomic E-state index is 8.98. The Morgan fingerprint density at radius 3 is 2.20 bits per heavy atom. The highest BCUT2D eigenvalue weighted by molar-refractivity contribution is 4.49. The van der Waals surface area contributed by atoms with Crippen LogP contribution in [-0.4, -0.2) is 36.1 Å². The Balaban J connectivity index is 2.92. The Morgan fingerprint density at radius 2 is 1.60 bits per heavy atom. The minimum atomic E-state index is -0.713. The molecule has 0 aromatic heterocycles. The quantitative estimate of drug-likeness (QED) is 0.522. The van der Waals surface area contributed by atoms with Gasteiger partial charge in [-0.3, -0.25) is 0 Å². The third-order valence-electron chi connectivity index (χ3n) is 2.41. The summed E-state index contributed by atoms with van der Waals surface area (Å²) < 4.78 is 5.20. The van der Waals surface area contributed by atoms with Crippen LogP contribution in [0.1, 0.15) is 51.9 Å². The zero-order valence-corrected chi connectivity index (χ0v) is 9.95. The number of aliphatic hydroxyl groups is 2. The molecule has 3 heteroatoms. The van der Waals surface area contributed by atoms with Crippen molar-refractivity contribution in [1.29, 1.82) is 0 Å². The smallest absolute Gasteiger partial charge is 0.100 e. The van der Waals surface area contributed by atoms with Crippen LogP contribution >= 0.6 is 0 Å². The molecule has 0 saturated carbocycles. The Hall–Kier alpha value is -0.120. The van der Waals surface area contributed by atoms with Crippen LogP contribution < -0.4 is 0 Å². The van der Waals surface area contributed by atoms with E-state index in [1.165, 1.54) is 38.5 Å². The van der Waals surface area contributed by atoms with Gasteiger partial charge >= 0.3 is 0 Å². The maximum Gasteiger partial charge on any atom is 0.100 e. The average molecular weight is 218 g/mol. The van der Waals surface area contributed by atoms with Gasteiger partial charge in [0.2, 0.25) is 0 Å². The van der Waals surface area contributed by atoms with Gasteiger partial charge in [0.05, 0.1) is 13.2 Å². The number of hydrogen-bond acceptors (Lipinski definition) is 3. The van der Waals surface area contributed by atoms with Crippen LogP contribution in [0.2, 0.25) is 0 Å². The Morgan fingerprint density at radius 1 is 1.00 bits per heavy atom. The zero-order chi connectivity index (χ0) is 11.4. The molecule has 0 heterocycles. The molecule has 0 rings (SSSR count). The molecule has 0 radical (unpaired) electrons. The highest BCUT2D eigenvalue weighted by Crippen LogP contribution is 2.06. The van der Waals surface area contributed by atoms with Gasteiger partial charge < -0.3 is 14.9 Å². The second-order valence-corrected chi connectivity index (χ2v) is 4.03. The fourth-order valence-corrected chi connectivity index (χ4v) is 1.43. The van der Waals surface area contributed by atoms with Crippen molar-refractivity contribution in [2.45, 2.75) is 58.0 Å². The Bertz CT molecular complexity index is 117. The molecule has 15 heavy (non-hydrogen) atoms. The van der Waals surface area contributed by atoms with E-state index in [4.69, 9.17) is 14.9 Å². The SMILES string of the molecule is CCCCCCCCCOC[C@H](O)CO. The van der Waals surface area contributed by atoms with Crippen LogP contribution in [0.25, 0.3) is 0 Å². The molecule has 0 amide bonds. The predicted molar refractivity (Wildman–Crippen MR) is 61.9 cm³/mol. The van der Waals surface area contributed by atoms with Gasteiger partial charge in [-0.1, -0.05) is 45.4 Å². The van der Waals surface area contributed by atoms with Crippen LogP contribution in [0, 0.1) is 0 Å². The molecular formula is C12H26O3. The number of unbranched alkanes of at least 4 members (excludes halogenated alkanes) is 6. The topological polar surface area (TPSA) is 49.7 Å². The highest BCUT2D eigenvalue weighted by Gasteiger charge is 2.00. The fourth-order valence-electron chi connectivity index (χ4n) is 1.43. The fraction of sp³-hybridized carbons (Fsp3) is 1.00. The zero-order valence-electron chi connectivity index (χ0n) is 9.95. The summed E-state index contributed by atoms with van der Waals surface area (Å²) in [6.07, 6.45) is 8.15. The summed E-state index contributed by atoms with van der Waals surface area (Å²) in [5, 5.41) is 17.5. The molecule has 0 unspecified atom stereocenters. The van der Waals surface area contributed by atoms with Crippen LogP contribution in [-0.2, 0) is 4.74 Å². The van der Waals surface area contributed by atoms with E-state index in [1.54, 1.807) is 0 Å². The van der Waals surface area contributed by atoms with Gasteiger partial charge in [0.15, 0.2) is 0 Å². The minimum Gasteiger partial charge on any atom is -0.394 e. The monoisotopic (exact) mass is 218 g/mol. The van der Waals surface area contributed by atoms with E-state index in [1.807, 2.05) is 0 Å². The summed E-state index contributed by atoms with van der Waals surface area (Å²) in [6.45, 7) is 2.97. The Kier molecular flexibility index (Phi) is 11.9. The van der Waals surface area contributed by atoms with Crippen LogP contribution in [0.4, 0.5) is 0 Å². The largest absolute Gasteiger partial charge is 0.394 e. The van der Waals surface area contributed by atoms with Gasteiger partial charge in [-0.2, -0.15) is 0 Å². The molecule has 2 N–H and O–H groups in total. The van der Waals surface area contributed by atoms with Crippen LogP contribution in [0.3, 0.4) is 0 Å². The van der Waals surface area contributed by atoms with E-state index in [0.717, 1.165) is 6.42 Å². The molecule has 1 atom stereocenters. The third kappa shape index (κ3) is 11.8. The lowest BCUT2D eigenvalue weighted by atomic mass is 10.1.